The number of carboxylic acid groups (broad SMARTS) is 1. The lowest BCUT2D eigenvalue weighted by Crippen LogP contribution is -2.36. The number of carboxylic acids is 1. The molecule has 1 amide bonds. The Morgan fingerprint density at radius 2 is 2.23 bits per heavy atom. The molecule has 1 aliphatic rings. The van der Waals surface area contributed by atoms with Crippen LogP contribution < -0.4 is 5.32 Å². The fourth-order valence-corrected chi connectivity index (χ4v) is 1.46. The van der Waals surface area contributed by atoms with E-state index >= 15 is 0 Å². The maximum Gasteiger partial charge on any atom is 0.306 e. The molecule has 0 spiro atoms. The standard InChI is InChI=1S/C9H13NO3/c1-6(11)10-8-4-2-3-7(5-8)9(12)13/h2,4,7-8H,3,5H2,1H3,(H,10,11)(H,12,13)/t7-,8+/m0/s1. The normalized spacial score (nSPS) is 26.8. The highest BCUT2D eigenvalue weighted by atomic mass is 16.4. The number of nitrogens with one attached hydrogen (secondary N) is 1. The Balaban J connectivity index is 2.51. The summed E-state index contributed by atoms with van der Waals surface area (Å²) in [6, 6.07) is -0.118. The van der Waals surface area contributed by atoms with Gasteiger partial charge in [-0.15, -0.1) is 0 Å². The molecule has 4 heteroatoms. The molecule has 2 N–H and O–H groups in total. The largest absolute Gasteiger partial charge is 0.481 e. The predicted octanol–water partition coefficient (Wildman–Crippen LogP) is 0.542. The van der Waals surface area contributed by atoms with E-state index in [1.54, 1.807) is 0 Å². The zero-order valence-corrected chi connectivity index (χ0v) is 7.49. The SMILES string of the molecule is CC(=O)N[C@@H]1C=CC[C@H](C(=O)O)C1. The molecule has 0 aromatic carbocycles. The molecular formula is C9H13NO3. The summed E-state index contributed by atoms with van der Waals surface area (Å²) in [7, 11) is 0. The Bertz CT molecular complexity index is 247. The van der Waals surface area contributed by atoms with E-state index in [2.05, 4.69) is 5.32 Å². The third-order valence-electron chi connectivity index (χ3n) is 2.07. The maximum atomic E-state index is 10.7. The number of carbonyl (C=O) groups is 2. The van der Waals surface area contributed by atoms with Crippen molar-refractivity contribution in [2.24, 2.45) is 5.92 Å². The number of carbonyl (C=O) groups excluding carboxylic acids is 1. The van der Waals surface area contributed by atoms with Crippen LogP contribution in [-0.2, 0) is 9.59 Å². The first kappa shape index (κ1) is 9.77. The fourth-order valence-electron chi connectivity index (χ4n) is 1.46. The molecule has 0 heterocycles. The average Bonchev–Trinajstić information content (AvgIpc) is 2.03. The van der Waals surface area contributed by atoms with Crippen LogP contribution in [0.3, 0.4) is 0 Å². The Morgan fingerprint density at radius 1 is 1.54 bits per heavy atom. The van der Waals surface area contributed by atoms with Crippen molar-refractivity contribution in [1.82, 2.24) is 5.32 Å². The van der Waals surface area contributed by atoms with Crippen LogP contribution in [0.25, 0.3) is 0 Å². The summed E-state index contributed by atoms with van der Waals surface area (Å²) in [5.74, 6) is -1.28. The third-order valence-corrected chi connectivity index (χ3v) is 2.07. The van der Waals surface area contributed by atoms with Gasteiger partial charge in [0.25, 0.3) is 0 Å². The summed E-state index contributed by atoms with van der Waals surface area (Å²) in [5.41, 5.74) is 0. The highest BCUT2D eigenvalue weighted by molar-refractivity contribution is 5.74. The van der Waals surface area contributed by atoms with E-state index < -0.39 is 5.97 Å². The van der Waals surface area contributed by atoms with Gasteiger partial charge >= 0.3 is 5.97 Å². The zero-order valence-electron chi connectivity index (χ0n) is 7.49. The summed E-state index contributed by atoms with van der Waals surface area (Å²) >= 11 is 0. The van der Waals surface area contributed by atoms with Gasteiger partial charge in [0.1, 0.15) is 0 Å². The van der Waals surface area contributed by atoms with Gasteiger partial charge in [-0.3, -0.25) is 9.59 Å². The van der Waals surface area contributed by atoms with Crippen molar-refractivity contribution in [1.29, 1.82) is 0 Å². The van der Waals surface area contributed by atoms with Gasteiger partial charge in [0, 0.05) is 13.0 Å². The van der Waals surface area contributed by atoms with Crippen LogP contribution in [0.15, 0.2) is 12.2 Å². The molecule has 0 fully saturated rings. The molecule has 0 unspecified atom stereocenters. The second kappa shape index (κ2) is 4.07. The van der Waals surface area contributed by atoms with E-state index in [0.717, 1.165) is 0 Å². The summed E-state index contributed by atoms with van der Waals surface area (Å²) < 4.78 is 0. The van der Waals surface area contributed by atoms with Crippen LogP contribution in [0.1, 0.15) is 19.8 Å². The van der Waals surface area contributed by atoms with Gasteiger partial charge in [-0.2, -0.15) is 0 Å². The molecule has 1 aliphatic carbocycles. The average molecular weight is 183 g/mol. The van der Waals surface area contributed by atoms with Crippen LogP contribution >= 0.6 is 0 Å². The number of rotatable bonds is 2. The molecule has 0 saturated heterocycles. The molecule has 4 nitrogen and oxygen atoms in total. The van der Waals surface area contributed by atoms with Gasteiger partial charge < -0.3 is 10.4 Å². The van der Waals surface area contributed by atoms with Crippen molar-refractivity contribution < 1.29 is 14.7 Å². The van der Waals surface area contributed by atoms with E-state index in [4.69, 9.17) is 5.11 Å². The van der Waals surface area contributed by atoms with Crippen LogP contribution in [0.4, 0.5) is 0 Å². The van der Waals surface area contributed by atoms with Crippen LogP contribution in [0, 0.1) is 5.92 Å². The summed E-state index contributed by atoms with van der Waals surface area (Å²) in [4.78, 5) is 21.3. The number of aliphatic carboxylic acids is 1. The smallest absolute Gasteiger partial charge is 0.306 e. The molecule has 1 rings (SSSR count). The minimum atomic E-state index is -0.792. The molecule has 0 bridgehead atoms. The Morgan fingerprint density at radius 3 is 2.77 bits per heavy atom. The Hall–Kier alpha value is -1.32. The van der Waals surface area contributed by atoms with Crippen LogP contribution in [0.5, 0.6) is 0 Å². The van der Waals surface area contributed by atoms with E-state index in [1.165, 1.54) is 6.92 Å². The summed E-state index contributed by atoms with van der Waals surface area (Å²) in [6.45, 7) is 1.43. The van der Waals surface area contributed by atoms with Crippen molar-refractivity contribution in [2.75, 3.05) is 0 Å². The zero-order chi connectivity index (χ0) is 9.84. The van der Waals surface area contributed by atoms with E-state index in [1.807, 2.05) is 12.2 Å². The van der Waals surface area contributed by atoms with Crippen molar-refractivity contribution >= 4 is 11.9 Å². The first-order valence-electron chi connectivity index (χ1n) is 4.26. The van der Waals surface area contributed by atoms with Gasteiger partial charge in [-0.05, 0) is 12.8 Å². The van der Waals surface area contributed by atoms with Gasteiger partial charge in [-0.25, -0.2) is 0 Å². The predicted molar refractivity (Wildman–Crippen MR) is 47.1 cm³/mol. The molecule has 2 atom stereocenters. The van der Waals surface area contributed by atoms with E-state index in [-0.39, 0.29) is 17.9 Å². The number of amides is 1. The van der Waals surface area contributed by atoms with E-state index in [0.29, 0.717) is 12.8 Å². The number of allylic oxidation sites excluding steroid dienone is 1. The second-order valence-corrected chi connectivity index (χ2v) is 3.24. The van der Waals surface area contributed by atoms with Crippen LogP contribution in [0.2, 0.25) is 0 Å². The van der Waals surface area contributed by atoms with Gasteiger partial charge in [0.15, 0.2) is 0 Å². The number of hydrogen-bond acceptors (Lipinski definition) is 2. The lowest BCUT2D eigenvalue weighted by Gasteiger charge is -2.21. The maximum absolute atomic E-state index is 10.7. The van der Waals surface area contributed by atoms with E-state index in [9.17, 15) is 9.59 Å². The minimum Gasteiger partial charge on any atom is -0.481 e. The van der Waals surface area contributed by atoms with Crippen molar-refractivity contribution in [3.05, 3.63) is 12.2 Å². The Labute approximate surface area is 76.6 Å². The highest BCUT2D eigenvalue weighted by Gasteiger charge is 2.23. The number of hydrogen-bond donors (Lipinski definition) is 2. The molecule has 0 aromatic rings. The minimum absolute atomic E-state index is 0.118. The lowest BCUT2D eigenvalue weighted by atomic mass is 9.91. The summed E-state index contributed by atoms with van der Waals surface area (Å²) in [5, 5.41) is 11.4. The van der Waals surface area contributed by atoms with Crippen molar-refractivity contribution in [3.63, 3.8) is 0 Å². The molecule has 0 aromatic heterocycles. The molecule has 0 radical (unpaired) electrons. The molecule has 72 valence electrons. The first-order valence-corrected chi connectivity index (χ1v) is 4.26. The second-order valence-electron chi connectivity index (χ2n) is 3.24. The fraction of sp³-hybridized carbons (Fsp3) is 0.556. The monoisotopic (exact) mass is 183 g/mol. The van der Waals surface area contributed by atoms with Crippen molar-refractivity contribution in [3.8, 4) is 0 Å². The molecule has 0 aliphatic heterocycles. The molecule has 0 saturated carbocycles. The van der Waals surface area contributed by atoms with Gasteiger partial charge in [-0.1, -0.05) is 12.2 Å². The first-order chi connectivity index (χ1) is 6.09. The summed E-state index contributed by atoms with van der Waals surface area (Å²) in [6.07, 6.45) is 4.71. The molecular weight excluding hydrogens is 170 g/mol. The highest BCUT2D eigenvalue weighted by Crippen LogP contribution is 2.18. The van der Waals surface area contributed by atoms with Gasteiger partial charge in [0.2, 0.25) is 5.91 Å². The topological polar surface area (TPSA) is 66.4 Å². The lowest BCUT2D eigenvalue weighted by molar-refractivity contribution is -0.142. The van der Waals surface area contributed by atoms with Gasteiger partial charge in [0.05, 0.1) is 5.92 Å². The third kappa shape index (κ3) is 2.89. The molecule has 13 heavy (non-hydrogen) atoms. The quantitative estimate of drug-likeness (QED) is 0.614. The Kier molecular flexibility index (Phi) is 3.06. The van der Waals surface area contributed by atoms with Crippen LogP contribution in [-0.4, -0.2) is 23.0 Å². The van der Waals surface area contributed by atoms with Crippen molar-refractivity contribution in [2.45, 2.75) is 25.8 Å².